The van der Waals surface area contributed by atoms with Crippen LogP contribution in [0.5, 0.6) is 0 Å². The molecule has 4 N–H and O–H groups in total. The quantitative estimate of drug-likeness (QED) is 0.407. The first-order valence-electron chi connectivity index (χ1n) is 11.4. The van der Waals surface area contributed by atoms with Gasteiger partial charge in [0.15, 0.2) is 0 Å². The highest BCUT2D eigenvalue weighted by atomic mass is 35.5. The van der Waals surface area contributed by atoms with Crippen LogP contribution in [0.4, 0.5) is 11.4 Å². The Balaban J connectivity index is 1.66. The van der Waals surface area contributed by atoms with E-state index in [0.29, 0.717) is 46.4 Å². The molecule has 3 aliphatic rings. The summed E-state index contributed by atoms with van der Waals surface area (Å²) in [5.74, 6) is -4.43. The zero-order valence-corrected chi connectivity index (χ0v) is 22.4. The van der Waals surface area contributed by atoms with Gasteiger partial charge in [0.05, 0.1) is 22.5 Å². The van der Waals surface area contributed by atoms with Gasteiger partial charge in [-0.3, -0.25) is 34.9 Å². The second-order valence-corrected chi connectivity index (χ2v) is 11.0. The van der Waals surface area contributed by atoms with Crippen LogP contribution in [0, 0.1) is 11.8 Å². The molecule has 194 valence electrons. The summed E-state index contributed by atoms with van der Waals surface area (Å²) in [4.78, 5) is 54.9. The second-order valence-electron chi connectivity index (χ2n) is 9.25. The molecule has 0 radical (unpaired) electrons. The predicted molar refractivity (Wildman–Crippen MR) is 141 cm³/mol. The standard InChI is InChI=1S/C24H21Cl4N5O4/c1-10(34)31-32-22(36)19-18(21(35)29-14-6-11(25)5-12(26)7-14)17-3-2-4-33(17)24(19)15-8-13(27)9-16(28)20(15)30-23(24)37/h5-9,17-19H,2-4H2,1H3,(H,29,35)(H,30,37)(H,31,34)(H,32,36)/t17-,18+,19-,24+/m1/s1. The highest BCUT2D eigenvalue weighted by Crippen LogP contribution is 2.59. The molecule has 5 rings (SSSR count). The Kier molecular flexibility index (Phi) is 6.79. The molecule has 4 atom stereocenters. The number of rotatable bonds is 3. The van der Waals surface area contributed by atoms with Gasteiger partial charge in [-0.15, -0.1) is 0 Å². The van der Waals surface area contributed by atoms with Gasteiger partial charge in [-0.2, -0.15) is 0 Å². The van der Waals surface area contributed by atoms with Crippen LogP contribution >= 0.6 is 46.4 Å². The Bertz CT molecular complexity index is 1330. The number of amides is 4. The molecule has 2 aromatic carbocycles. The third-order valence-corrected chi connectivity index (χ3v) is 8.06. The zero-order chi connectivity index (χ0) is 26.6. The zero-order valence-electron chi connectivity index (χ0n) is 19.3. The largest absolute Gasteiger partial charge is 0.326 e. The molecule has 0 aliphatic carbocycles. The summed E-state index contributed by atoms with van der Waals surface area (Å²) >= 11 is 25.0. The van der Waals surface area contributed by atoms with Crippen LogP contribution < -0.4 is 21.5 Å². The van der Waals surface area contributed by atoms with Gasteiger partial charge in [-0.05, 0) is 49.7 Å². The smallest absolute Gasteiger partial charge is 0.250 e. The summed E-state index contributed by atoms with van der Waals surface area (Å²) in [7, 11) is 0. The number of nitrogens with one attached hydrogen (secondary N) is 4. The third-order valence-electron chi connectivity index (χ3n) is 7.10. The van der Waals surface area contributed by atoms with Crippen molar-refractivity contribution in [2.75, 3.05) is 17.2 Å². The van der Waals surface area contributed by atoms with Gasteiger partial charge in [-0.25, -0.2) is 0 Å². The van der Waals surface area contributed by atoms with Crippen molar-refractivity contribution in [1.29, 1.82) is 0 Å². The van der Waals surface area contributed by atoms with Crippen molar-refractivity contribution >= 4 is 81.4 Å². The summed E-state index contributed by atoms with van der Waals surface area (Å²) in [6, 6.07) is 7.22. The number of benzene rings is 2. The topological polar surface area (TPSA) is 120 Å². The molecule has 2 saturated heterocycles. The number of anilines is 2. The van der Waals surface area contributed by atoms with E-state index in [-0.39, 0.29) is 10.0 Å². The first kappa shape index (κ1) is 26.1. The van der Waals surface area contributed by atoms with Crippen LogP contribution in [0.15, 0.2) is 30.3 Å². The van der Waals surface area contributed by atoms with Crippen LogP contribution in [-0.2, 0) is 24.7 Å². The van der Waals surface area contributed by atoms with Crippen molar-refractivity contribution in [3.8, 4) is 0 Å². The molecule has 0 bridgehead atoms. The lowest BCUT2D eigenvalue weighted by molar-refractivity contribution is -0.141. The van der Waals surface area contributed by atoms with Gasteiger partial charge in [0.25, 0.3) is 5.91 Å². The first-order valence-corrected chi connectivity index (χ1v) is 13.0. The van der Waals surface area contributed by atoms with Crippen molar-refractivity contribution in [1.82, 2.24) is 15.8 Å². The molecule has 2 fully saturated rings. The van der Waals surface area contributed by atoms with Crippen molar-refractivity contribution in [2.45, 2.75) is 31.3 Å². The molecule has 0 saturated carbocycles. The lowest BCUT2D eigenvalue weighted by Crippen LogP contribution is -2.57. The SMILES string of the molecule is CC(=O)NNC(=O)[C@H]1[C@@H](C(=O)Nc2cc(Cl)cc(Cl)c2)[C@H]2CCCN2[C@]12C(=O)Nc1c(Cl)cc(Cl)cc12. The molecule has 3 aliphatic heterocycles. The Morgan fingerprint density at radius 1 is 0.973 bits per heavy atom. The molecule has 0 aromatic heterocycles. The molecule has 3 heterocycles. The van der Waals surface area contributed by atoms with E-state index in [1.165, 1.54) is 31.2 Å². The molecule has 37 heavy (non-hydrogen) atoms. The molecular formula is C24H21Cl4N5O4. The lowest BCUT2D eigenvalue weighted by Gasteiger charge is -2.36. The normalized spacial score (nSPS) is 26.0. The average molecular weight is 585 g/mol. The molecular weight excluding hydrogens is 564 g/mol. The van der Waals surface area contributed by atoms with Crippen molar-refractivity contribution in [3.05, 3.63) is 56.0 Å². The maximum atomic E-state index is 13.9. The van der Waals surface area contributed by atoms with E-state index in [4.69, 9.17) is 46.4 Å². The monoisotopic (exact) mass is 583 g/mol. The minimum absolute atomic E-state index is 0.214. The van der Waals surface area contributed by atoms with E-state index in [0.717, 1.165) is 0 Å². The maximum absolute atomic E-state index is 13.9. The Morgan fingerprint density at radius 2 is 1.65 bits per heavy atom. The second kappa shape index (κ2) is 9.63. The molecule has 13 heteroatoms. The molecule has 2 aromatic rings. The number of halogens is 4. The minimum Gasteiger partial charge on any atom is -0.326 e. The van der Waals surface area contributed by atoms with Crippen LogP contribution in [0.3, 0.4) is 0 Å². The average Bonchev–Trinajstić information content (AvgIpc) is 3.45. The van der Waals surface area contributed by atoms with Gasteiger partial charge >= 0.3 is 0 Å². The van der Waals surface area contributed by atoms with E-state index < -0.39 is 47.0 Å². The van der Waals surface area contributed by atoms with Crippen LogP contribution in [-0.4, -0.2) is 41.1 Å². The van der Waals surface area contributed by atoms with Gasteiger partial charge in [0.1, 0.15) is 5.54 Å². The van der Waals surface area contributed by atoms with E-state index in [1.807, 2.05) is 4.90 Å². The van der Waals surface area contributed by atoms with Crippen molar-refractivity contribution in [3.63, 3.8) is 0 Å². The fourth-order valence-corrected chi connectivity index (χ4v) is 7.02. The van der Waals surface area contributed by atoms with Crippen LogP contribution in [0.2, 0.25) is 20.1 Å². The lowest BCUT2D eigenvalue weighted by atomic mass is 9.73. The summed E-state index contributed by atoms with van der Waals surface area (Å²) in [6.07, 6.45) is 1.27. The van der Waals surface area contributed by atoms with E-state index in [1.54, 1.807) is 6.07 Å². The maximum Gasteiger partial charge on any atom is 0.250 e. The highest BCUT2D eigenvalue weighted by molar-refractivity contribution is 6.38. The Morgan fingerprint density at radius 3 is 2.32 bits per heavy atom. The Hall–Kier alpha value is -2.56. The summed E-state index contributed by atoms with van der Waals surface area (Å²) < 4.78 is 0. The Labute approximate surface area is 232 Å². The van der Waals surface area contributed by atoms with Gasteiger partial charge < -0.3 is 10.6 Å². The predicted octanol–water partition coefficient (Wildman–Crippen LogP) is 3.96. The number of hydrazine groups is 1. The molecule has 9 nitrogen and oxygen atoms in total. The van der Waals surface area contributed by atoms with Gasteiger partial charge in [0, 0.05) is 39.3 Å². The van der Waals surface area contributed by atoms with Crippen LogP contribution in [0.1, 0.15) is 25.3 Å². The van der Waals surface area contributed by atoms with E-state index in [9.17, 15) is 19.2 Å². The number of nitrogens with zero attached hydrogens (tertiary/aromatic N) is 1. The van der Waals surface area contributed by atoms with Gasteiger partial charge in [-0.1, -0.05) is 46.4 Å². The number of fused-ring (bicyclic) bond motifs is 4. The summed E-state index contributed by atoms with van der Waals surface area (Å²) in [6.45, 7) is 1.69. The molecule has 4 amide bonds. The fourth-order valence-electron chi connectivity index (χ4n) is 5.95. The fraction of sp³-hybridized carbons (Fsp3) is 0.333. The minimum atomic E-state index is -1.58. The van der Waals surface area contributed by atoms with E-state index in [2.05, 4.69) is 21.5 Å². The number of hydrogen-bond acceptors (Lipinski definition) is 5. The van der Waals surface area contributed by atoms with E-state index >= 15 is 0 Å². The number of carbonyl (C=O) groups is 4. The number of carbonyl (C=O) groups excluding carboxylic acids is 4. The highest BCUT2D eigenvalue weighted by Gasteiger charge is 2.71. The molecule has 0 unspecified atom stereocenters. The summed E-state index contributed by atoms with van der Waals surface area (Å²) in [5, 5.41) is 6.75. The summed E-state index contributed by atoms with van der Waals surface area (Å²) in [5.41, 5.74) is 4.16. The third kappa shape index (κ3) is 4.23. The van der Waals surface area contributed by atoms with Crippen LogP contribution in [0.25, 0.3) is 0 Å². The first-order chi connectivity index (χ1) is 17.5. The van der Waals surface area contributed by atoms with Gasteiger partial charge in [0.2, 0.25) is 17.7 Å². The van der Waals surface area contributed by atoms with Crippen molar-refractivity contribution < 1.29 is 19.2 Å². The number of hydrogen-bond donors (Lipinski definition) is 4. The molecule has 1 spiro atoms. The van der Waals surface area contributed by atoms with Crippen molar-refractivity contribution in [2.24, 2.45) is 11.8 Å².